The smallest absolute Gasteiger partial charge is 0.123 e. The highest BCUT2D eigenvalue weighted by Gasteiger charge is 2.20. The van der Waals surface area contributed by atoms with Gasteiger partial charge in [0.25, 0.3) is 0 Å². The van der Waals surface area contributed by atoms with Crippen LogP contribution in [0.2, 0.25) is 0 Å². The van der Waals surface area contributed by atoms with Gasteiger partial charge in [0.1, 0.15) is 5.75 Å². The molecule has 0 spiro atoms. The Balaban J connectivity index is 1.68. The third-order valence-corrected chi connectivity index (χ3v) is 3.64. The number of para-hydroxylation sites is 1. The first-order valence-corrected chi connectivity index (χ1v) is 7.84. The van der Waals surface area contributed by atoms with Gasteiger partial charge in [-0.25, -0.2) is 0 Å². The monoisotopic (exact) mass is 261 g/mol. The molecular weight excluding hydrogens is 234 g/mol. The normalized spacial score (nSPS) is 14.6. The minimum absolute atomic E-state index is 0.752. The molecule has 1 fully saturated rings. The topological polar surface area (TPSA) is 21.3 Å². The van der Waals surface area contributed by atoms with E-state index in [1.807, 2.05) is 0 Å². The number of hydrogen-bond donors (Lipinski definition) is 1. The molecule has 0 amide bonds. The van der Waals surface area contributed by atoms with Gasteiger partial charge in [-0.1, -0.05) is 50.8 Å². The van der Waals surface area contributed by atoms with Crippen molar-refractivity contribution < 1.29 is 4.74 Å². The minimum Gasteiger partial charge on any atom is -0.493 e. The molecule has 2 heteroatoms. The largest absolute Gasteiger partial charge is 0.493 e. The Kier molecular flexibility index (Phi) is 6.22. The molecule has 0 unspecified atom stereocenters. The number of rotatable bonds is 10. The van der Waals surface area contributed by atoms with Crippen LogP contribution in [0.4, 0.5) is 0 Å². The first kappa shape index (κ1) is 14.4. The maximum absolute atomic E-state index is 5.93. The molecular formula is C17H27NO. The summed E-state index contributed by atoms with van der Waals surface area (Å²) in [5.41, 5.74) is 1.29. The third kappa shape index (κ3) is 5.65. The molecule has 0 atom stereocenters. The molecule has 0 aromatic heterocycles. The number of unbranched alkanes of at least 4 members (excludes halogenated alkanes) is 4. The van der Waals surface area contributed by atoms with E-state index in [4.69, 9.17) is 4.74 Å². The van der Waals surface area contributed by atoms with Gasteiger partial charge in [0, 0.05) is 18.2 Å². The van der Waals surface area contributed by atoms with Crippen LogP contribution >= 0.6 is 0 Å². The summed E-state index contributed by atoms with van der Waals surface area (Å²) in [6.45, 7) is 4.04. The summed E-state index contributed by atoms with van der Waals surface area (Å²) in [4.78, 5) is 0. The summed E-state index contributed by atoms with van der Waals surface area (Å²) < 4.78 is 5.93. The molecule has 0 saturated heterocycles. The van der Waals surface area contributed by atoms with Crippen molar-refractivity contribution in [2.75, 3.05) is 6.61 Å². The van der Waals surface area contributed by atoms with Crippen LogP contribution < -0.4 is 10.1 Å². The highest BCUT2D eigenvalue weighted by atomic mass is 16.5. The maximum Gasteiger partial charge on any atom is 0.123 e. The van der Waals surface area contributed by atoms with Gasteiger partial charge in [0.2, 0.25) is 0 Å². The summed E-state index contributed by atoms with van der Waals surface area (Å²) in [6, 6.07) is 9.17. The highest BCUT2D eigenvalue weighted by molar-refractivity contribution is 5.33. The van der Waals surface area contributed by atoms with Crippen molar-refractivity contribution in [3.05, 3.63) is 29.8 Å². The molecule has 2 rings (SSSR count). The van der Waals surface area contributed by atoms with Crippen LogP contribution in [0.15, 0.2) is 24.3 Å². The van der Waals surface area contributed by atoms with Crippen molar-refractivity contribution in [3.8, 4) is 5.75 Å². The van der Waals surface area contributed by atoms with Gasteiger partial charge in [-0.15, -0.1) is 0 Å². The first-order chi connectivity index (χ1) is 9.40. The van der Waals surface area contributed by atoms with Crippen molar-refractivity contribution in [3.63, 3.8) is 0 Å². The molecule has 2 nitrogen and oxygen atoms in total. The molecule has 1 aromatic carbocycles. The van der Waals surface area contributed by atoms with E-state index < -0.39 is 0 Å². The molecule has 0 bridgehead atoms. The Morgan fingerprint density at radius 3 is 2.68 bits per heavy atom. The lowest BCUT2D eigenvalue weighted by Gasteiger charge is -2.12. The summed E-state index contributed by atoms with van der Waals surface area (Å²) in [6.07, 6.45) is 9.12. The van der Waals surface area contributed by atoms with E-state index in [0.717, 1.165) is 24.9 Å². The van der Waals surface area contributed by atoms with E-state index in [9.17, 15) is 0 Å². The van der Waals surface area contributed by atoms with Crippen LogP contribution in [-0.2, 0) is 6.54 Å². The van der Waals surface area contributed by atoms with Crippen molar-refractivity contribution >= 4 is 0 Å². The lowest BCUT2D eigenvalue weighted by atomic mass is 10.1. The van der Waals surface area contributed by atoms with Gasteiger partial charge in [-0.3, -0.25) is 0 Å². The standard InChI is InChI=1S/C17H27NO/c1-2-3-4-5-8-13-19-17-10-7-6-9-15(17)14-18-16-11-12-16/h6-7,9-10,16,18H,2-5,8,11-14H2,1H3. The zero-order valence-corrected chi connectivity index (χ0v) is 12.2. The Morgan fingerprint density at radius 1 is 1.11 bits per heavy atom. The molecule has 106 valence electrons. The number of benzene rings is 1. The lowest BCUT2D eigenvalue weighted by Crippen LogP contribution is -2.16. The van der Waals surface area contributed by atoms with E-state index in [0.29, 0.717) is 0 Å². The maximum atomic E-state index is 5.93. The predicted octanol–water partition coefficient (Wildman–Crippen LogP) is 4.29. The molecule has 0 heterocycles. The van der Waals surface area contributed by atoms with Gasteiger partial charge < -0.3 is 10.1 Å². The summed E-state index contributed by atoms with van der Waals surface area (Å²) >= 11 is 0. The average molecular weight is 261 g/mol. The quantitative estimate of drug-likeness (QED) is 0.634. The van der Waals surface area contributed by atoms with Crippen molar-refractivity contribution in [2.45, 2.75) is 64.5 Å². The fourth-order valence-electron chi connectivity index (χ4n) is 2.22. The highest BCUT2D eigenvalue weighted by Crippen LogP contribution is 2.22. The summed E-state index contributed by atoms with van der Waals surface area (Å²) in [7, 11) is 0. The van der Waals surface area contributed by atoms with E-state index in [-0.39, 0.29) is 0 Å². The zero-order chi connectivity index (χ0) is 13.3. The molecule has 0 aliphatic heterocycles. The molecule has 19 heavy (non-hydrogen) atoms. The van der Waals surface area contributed by atoms with Crippen molar-refractivity contribution in [1.82, 2.24) is 5.32 Å². The van der Waals surface area contributed by atoms with Crippen LogP contribution in [0.5, 0.6) is 5.75 Å². The van der Waals surface area contributed by atoms with Gasteiger partial charge in [-0.2, -0.15) is 0 Å². The van der Waals surface area contributed by atoms with Crippen LogP contribution in [0, 0.1) is 0 Å². The second kappa shape index (κ2) is 8.21. The van der Waals surface area contributed by atoms with Crippen LogP contribution in [0.25, 0.3) is 0 Å². The van der Waals surface area contributed by atoms with Gasteiger partial charge in [0.15, 0.2) is 0 Å². The second-order valence-electron chi connectivity index (χ2n) is 5.53. The zero-order valence-electron chi connectivity index (χ0n) is 12.2. The lowest BCUT2D eigenvalue weighted by molar-refractivity contribution is 0.301. The third-order valence-electron chi connectivity index (χ3n) is 3.64. The Labute approximate surface area is 117 Å². The first-order valence-electron chi connectivity index (χ1n) is 7.84. The molecule has 1 aromatic rings. The van der Waals surface area contributed by atoms with Crippen molar-refractivity contribution in [2.24, 2.45) is 0 Å². The average Bonchev–Trinajstić information content (AvgIpc) is 3.25. The Hall–Kier alpha value is -1.02. The number of hydrogen-bond acceptors (Lipinski definition) is 2. The van der Waals surface area contributed by atoms with E-state index in [1.54, 1.807) is 0 Å². The fourth-order valence-corrected chi connectivity index (χ4v) is 2.22. The minimum atomic E-state index is 0.752. The molecule has 1 saturated carbocycles. The van der Waals surface area contributed by atoms with E-state index in [1.165, 1.54) is 50.5 Å². The van der Waals surface area contributed by atoms with Crippen LogP contribution in [0.1, 0.15) is 57.4 Å². The van der Waals surface area contributed by atoms with Crippen LogP contribution in [-0.4, -0.2) is 12.6 Å². The molecule has 1 N–H and O–H groups in total. The summed E-state index contributed by atoms with van der Waals surface area (Å²) in [5.74, 6) is 1.06. The van der Waals surface area contributed by atoms with E-state index in [2.05, 4.69) is 36.5 Å². The van der Waals surface area contributed by atoms with Gasteiger partial charge >= 0.3 is 0 Å². The molecule has 0 radical (unpaired) electrons. The van der Waals surface area contributed by atoms with Crippen LogP contribution in [0.3, 0.4) is 0 Å². The Bertz CT molecular complexity index is 360. The number of nitrogens with one attached hydrogen (secondary N) is 1. The van der Waals surface area contributed by atoms with Crippen molar-refractivity contribution in [1.29, 1.82) is 0 Å². The SMILES string of the molecule is CCCCCCCOc1ccccc1CNC1CC1. The predicted molar refractivity (Wildman–Crippen MR) is 80.6 cm³/mol. The van der Waals surface area contributed by atoms with Gasteiger partial charge in [0.05, 0.1) is 6.61 Å². The Morgan fingerprint density at radius 2 is 1.89 bits per heavy atom. The van der Waals surface area contributed by atoms with Gasteiger partial charge in [-0.05, 0) is 25.3 Å². The second-order valence-corrected chi connectivity index (χ2v) is 5.53. The fraction of sp³-hybridized carbons (Fsp3) is 0.647. The number of ether oxygens (including phenoxy) is 1. The molecule has 1 aliphatic carbocycles. The van der Waals surface area contributed by atoms with E-state index >= 15 is 0 Å². The molecule has 1 aliphatic rings. The summed E-state index contributed by atoms with van der Waals surface area (Å²) in [5, 5.41) is 3.55.